The second-order valence-electron chi connectivity index (χ2n) is 9.92. The maximum Gasteiger partial charge on any atom is 0.446 e. The third-order valence-corrected chi connectivity index (χ3v) is 9.36. The largest absolute Gasteiger partial charge is 0.497 e. The zero-order chi connectivity index (χ0) is 34.4. The Labute approximate surface area is 280 Å². The topological polar surface area (TPSA) is 195 Å². The van der Waals surface area contributed by atoms with Crippen LogP contribution in [0.3, 0.4) is 0 Å². The summed E-state index contributed by atoms with van der Waals surface area (Å²) in [6.07, 6.45) is -1.68. The van der Waals surface area contributed by atoms with Crippen LogP contribution in [0.2, 0.25) is 0 Å². The van der Waals surface area contributed by atoms with Gasteiger partial charge >= 0.3 is 22.1 Å². The molecule has 1 amide bonds. The van der Waals surface area contributed by atoms with E-state index in [9.17, 15) is 27.5 Å². The fraction of sp³-hybridized carbons (Fsp3) is 0.207. The molecule has 19 heteroatoms. The molecule has 2 N–H and O–H groups in total. The first-order chi connectivity index (χ1) is 23.0. The van der Waals surface area contributed by atoms with Crippen molar-refractivity contribution in [2.24, 2.45) is 0 Å². The molecule has 5 aromatic rings. The summed E-state index contributed by atoms with van der Waals surface area (Å²) >= 11 is 3.08. The lowest BCUT2D eigenvalue weighted by atomic mass is 10.2. The summed E-state index contributed by atoms with van der Waals surface area (Å²) in [7, 11) is -1.68. The van der Waals surface area contributed by atoms with E-state index in [1.165, 1.54) is 26.4 Å². The molecule has 252 valence electrons. The Morgan fingerprint density at radius 1 is 0.979 bits per heavy atom. The number of nitrogens with zero attached hydrogens (tertiary/aromatic N) is 6. The van der Waals surface area contributed by atoms with Crippen molar-refractivity contribution in [2.45, 2.75) is 13.1 Å². The van der Waals surface area contributed by atoms with Crippen molar-refractivity contribution in [3.8, 4) is 28.7 Å². The molecule has 0 spiro atoms. The van der Waals surface area contributed by atoms with Crippen molar-refractivity contribution in [3.63, 3.8) is 0 Å². The van der Waals surface area contributed by atoms with E-state index in [2.05, 4.69) is 36.7 Å². The van der Waals surface area contributed by atoms with Crippen LogP contribution in [0.5, 0.6) is 11.5 Å². The summed E-state index contributed by atoms with van der Waals surface area (Å²) in [5, 5.41) is 24.3. The van der Waals surface area contributed by atoms with Crippen LogP contribution in [0.4, 0.5) is 15.0 Å². The van der Waals surface area contributed by atoms with Crippen molar-refractivity contribution in [3.05, 3.63) is 98.7 Å². The number of anilines is 1. The summed E-state index contributed by atoms with van der Waals surface area (Å²) in [4.78, 5) is 24.9. The Bertz CT molecular complexity index is 2050. The fourth-order valence-electron chi connectivity index (χ4n) is 4.50. The van der Waals surface area contributed by atoms with Crippen LogP contribution in [-0.2, 0) is 23.3 Å². The van der Waals surface area contributed by atoms with Crippen LogP contribution >= 0.6 is 15.9 Å². The van der Waals surface area contributed by atoms with Gasteiger partial charge in [0.25, 0.3) is 0 Å². The highest BCUT2D eigenvalue weighted by atomic mass is 79.9. The summed E-state index contributed by atoms with van der Waals surface area (Å²) in [5.74, 6) is -0.568. The maximum absolute atomic E-state index is 13.9. The normalized spacial score (nSPS) is 11.4. The summed E-state index contributed by atoms with van der Waals surface area (Å²) in [6.45, 7) is -1.05. The Balaban J connectivity index is 1.41. The van der Waals surface area contributed by atoms with Crippen LogP contribution < -0.4 is 20.5 Å². The van der Waals surface area contributed by atoms with Crippen LogP contribution in [-0.4, -0.2) is 75.6 Å². The molecular formula is C29H27BrFN7O9S. The van der Waals surface area contributed by atoms with Gasteiger partial charge in [-0.05, 0) is 79.8 Å². The monoisotopic (exact) mass is 747 g/mol. The minimum absolute atomic E-state index is 0.0339. The minimum atomic E-state index is -4.64. The number of amides is 1. The van der Waals surface area contributed by atoms with Crippen molar-refractivity contribution >= 4 is 38.1 Å². The molecule has 0 aliphatic rings. The lowest BCUT2D eigenvalue weighted by molar-refractivity contribution is 0.167. The van der Waals surface area contributed by atoms with E-state index in [1.807, 2.05) is 0 Å². The molecule has 16 nitrogen and oxygen atoms in total. The average Bonchev–Trinajstić information content (AvgIpc) is 3.70. The van der Waals surface area contributed by atoms with E-state index in [4.69, 9.17) is 18.6 Å². The van der Waals surface area contributed by atoms with Crippen molar-refractivity contribution in [1.82, 2.24) is 28.6 Å². The third kappa shape index (κ3) is 7.48. The molecule has 0 radical (unpaired) electrons. The Morgan fingerprint density at radius 2 is 1.60 bits per heavy atom. The Morgan fingerprint density at radius 3 is 2.19 bits per heavy atom. The quantitative estimate of drug-likeness (QED) is 0.165. The number of methoxy groups -OCH3 is 2. The number of nitrogens with one attached hydrogen (secondary N) is 1. The molecule has 3 aromatic carbocycles. The van der Waals surface area contributed by atoms with E-state index in [-0.39, 0.29) is 47.1 Å². The predicted octanol–water partition coefficient (Wildman–Crippen LogP) is 4.13. The average molecular weight is 749 g/mol. The molecule has 48 heavy (non-hydrogen) atoms. The van der Waals surface area contributed by atoms with E-state index >= 15 is 0 Å². The van der Waals surface area contributed by atoms with Gasteiger partial charge in [0, 0.05) is 19.6 Å². The van der Waals surface area contributed by atoms with E-state index in [0.29, 0.717) is 26.9 Å². The number of benzene rings is 3. The SMILES string of the molecule is COc1ccc(CN(CCNc2nonc2-c2noc(=O)n2-c2ccc(F)c(Br)c2)S(=O)(=O)N(Cc2ccc(OC)cc2)C(=O)O)cc1. The highest BCUT2D eigenvalue weighted by Crippen LogP contribution is 2.27. The first kappa shape index (κ1) is 34.1. The number of rotatable bonds is 14. The molecule has 0 saturated carbocycles. The Kier molecular flexibility index (Phi) is 10.4. The number of halogens is 2. The second-order valence-corrected chi connectivity index (χ2v) is 12.6. The van der Waals surface area contributed by atoms with E-state index in [1.54, 1.807) is 48.5 Å². The van der Waals surface area contributed by atoms with E-state index in [0.717, 1.165) is 14.9 Å². The molecule has 0 atom stereocenters. The van der Waals surface area contributed by atoms with Gasteiger partial charge in [-0.3, -0.25) is 4.52 Å². The van der Waals surface area contributed by atoms with Crippen LogP contribution in [0.1, 0.15) is 11.1 Å². The number of aromatic nitrogens is 4. The number of ether oxygens (including phenoxy) is 2. The maximum atomic E-state index is 13.9. The lowest BCUT2D eigenvalue weighted by Crippen LogP contribution is -2.47. The number of hydrogen-bond donors (Lipinski definition) is 2. The van der Waals surface area contributed by atoms with Gasteiger partial charge in [-0.15, -0.1) is 0 Å². The zero-order valence-electron chi connectivity index (χ0n) is 25.2. The minimum Gasteiger partial charge on any atom is -0.497 e. The molecule has 2 heterocycles. The molecule has 2 aromatic heterocycles. The first-order valence-corrected chi connectivity index (χ1v) is 16.1. The van der Waals surface area contributed by atoms with Crippen LogP contribution in [0, 0.1) is 5.82 Å². The standard InChI is InChI=1S/C29H27BrFN7O9S/c1-44-21-8-3-18(4-9-21)16-36(48(42,43)37(28(39)40)17-19-5-10-22(45-2)11-6-19)14-13-32-26-25(33-47-34-26)27-35-46-29(41)38(27)20-7-12-24(31)23(30)15-20/h3-12,15H,13-14,16-17H2,1-2H3,(H,32,34)(H,39,40). The number of carbonyl (C=O) groups is 1. The van der Waals surface area contributed by atoms with Crippen molar-refractivity contribution < 1.29 is 41.3 Å². The highest BCUT2D eigenvalue weighted by molar-refractivity contribution is 9.10. The first-order valence-electron chi connectivity index (χ1n) is 13.9. The number of hydrogen-bond acceptors (Lipinski definition) is 12. The molecule has 0 aliphatic heterocycles. The third-order valence-electron chi connectivity index (χ3n) is 6.94. The fourth-order valence-corrected chi connectivity index (χ4v) is 6.29. The smallest absolute Gasteiger partial charge is 0.446 e. The highest BCUT2D eigenvalue weighted by Gasteiger charge is 2.34. The van der Waals surface area contributed by atoms with Gasteiger partial charge in [-0.1, -0.05) is 29.4 Å². The van der Waals surface area contributed by atoms with Gasteiger partial charge < -0.3 is 19.9 Å². The van der Waals surface area contributed by atoms with Gasteiger partial charge in [0.05, 0.1) is 30.9 Å². The van der Waals surface area contributed by atoms with Gasteiger partial charge in [-0.25, -0.2) is 23.2 Å². The van der Waals surface area contributed by atoms with Gasteiger partial charge in [0.2, 0.25) is 11.6 Å². The second kappa shape index (κ2) is 14.7. The van der Waals surface area contributed by atoms with Crippen molar-refractivity contribution in [2.75, 3.05) is 32.6 Å². The Hall–Kier alpha value is -5.27. The van der Waals surface area contributed by atoms with E-state index < -0.39 is 34.4 Å². The molecule has 0 saturated heterocycles. The molecule has 0 aliphatic carbocycles. The summed E-state index contributed by atoms with van der Waals surface area (Å²) in [5.41, 5.74) is 1.09. The lowest BCUT2D eigenvalue weighted by Gasteiger charge is -2.28. The van der Waals surface area contributed by atoms with Crippen molar-refractivity contribution in [1.29, 1.82) is 0 Å². The number of carboxylic acid groups (broad SMARTS) is 1. The summed E-state index contributed by atoms with van der Waals surface area (Å²) < 4.78 is 64.1. The van der Waals surface area contributed by atoms with Gasteiger partial charge in [0.1, 0.15) is 17.3 Å². The molecular weight excluding hydrogens is 721 g/mol. The molecule has 5 rings (SSSR count). The molecule has 0 fully saturated rings. The van der Waals surface area contributed by atoms with Crippen LogP contribution in [0.25, 0.3) is 17.2 Å². The van der Waals surface area contributed by atoms with Gasteiger partial charge in [-0.2, -0.15) is 17.0 Å². The summed E-state index contributed by atoms with van der Waals surface area (Å²) in [6, 6.07) is 16.7. The molecule has 0 bridgehead atoms. The predicted molar refractivity (Wildman–Crippen MR) is 170 cm³/mol. The molecule has 0 unspecified atom stereocenters. The zero-order valence-corrected chi connectivity index (χ0v) is 27.6. The van der Waals surface area contributed by atoms with Gasteiger partial charge in [0.15, 0.2) is 5.69 Å². The van der Waals surface area contributed by atoms with Crippen LogP contribution in [0.15, 0.2) is 85.1 Å².